The number of allylic oxidation sites excluding steroid dienone is 3. The Balaban J connectivity index is 1.88. The van der Waals surface area contributed by atoms with Crippen LogP contribution in [0.15, 0.2) is 86.6 Å². The number of fused-ring (bicyclic) bond motifs is 1. The lowest BCUT2D eigenvalue weighted by molar-refractivity contribution is -0.0970. The van der Waals surface area contributed by atoms with Crippen molar-refractivity contribution in [3.63, 3.8) is 0 Å². The Kier molecular flexibility index (Phi) is 8.04. The molecular formula is C29H29F3N6O3. The van der Waals surface area contributed by atoms with Gasteiger partial charge in [-0.25, -0.2) is 0 Å². The van der Waals surface area contributed by atoms with E-state index in [0.717, 1.165) is 10.2 Å². The van der Waals surface area contributed by atoms with E-state index in [-0.39, 0.29) is 17.1 Å². The van der Waals surface area contributed by atoms with Crippen LogP contribution >= 0.6 is 0 Å². The molecule has 9 nitrogen and oxygen atoms in total. The SMILES string of the molecule is C/C=C\C(N[C@H](C)c1cc(C)cc2c(=O)n(C)c(-c3cnn(-c4cccc(=O)[nH]4)c(=O)c3)cc12)=C(/NC)C(F)(F)F. The third-order valence-electron chi connectivity index (χ3n) is 6.59. The maximum absolute atomic E-state index is 13.7. The first kappa shape index (κ1) is 29.1. The lowest BCUT2D eigenvalue weighted by Crippen LogP contribution is -2.30. The van der Waals surface area contributed by atoms with Crippen LogP contribution in [0.2, 0.25) is 0 Å². The predicted molar refractivity (Wildman–Crippen MR) is 152 cm³/mol. The maximum atomic E-state index is 13.7. The van der Waals surface area contributed by atoms with E-state index in [1.807, 2.05) is 6.07 Å². The molecule has 1 atom stereocenters. The van der Waals surface area contributed by atoms with Crippen LogP contribution < -0.4 is 27.3 Å². The largest absolute Gasteiger partial charge is 0.432 e. The van der Waals surface area contributed by atoms with Crippen molar-refractivity contribution in [3.05, 3.63) is 114 Å². The fourth-order valence-corrected chi connectivity index (χ4v) is 4.72. The lowest BCUT2D eigenvalue weighted by atomic mass is 9.96. The third-order valence-corrected chi connectivity index (χ3v) is 6.59. The van der Waals surface area contributed by atoms with Crippen LogP contribution in [-0.4, -0.2) is 32.6 Å². The van der Waals surface area contributed by atoms with Gasteiger partial charge in [0, 0.05) is 43.2 Å². The van der Waals surface area contributed by atoms with E-state index >= 15 is 0 Å². The Morgan fingerprint density at radius 1 is 1.10 bits per heavy atom. The molecule has 3 heterocycles. The van der Waals surface area contributed by atoms with Gasteiger partial charge in [-0.2, -0.15) is 23.0 Å². The maximum Gasteiger partial charge on any atom is 0.432 e. The number of hydrogen-bond donors (Lipinski definition) is 3. The number of rotatable bonds is 7. The summed E-state index contributed by atoms with van der Waals surface area (Å²) in [5.74, 6) is 0.184. The number of halogens is 3. The third kappa shape index (κ3) is 5.86. The van der Waals surface area contributed by atoms with Crippen LogP contribution in [0.3, 0.4) is 0 Å². The monoisotopic (exact) mass is 566 g/mol. The molecular weight excluding hydrogens is 537 g/mol. The molecule has 41 heavy (non-hydrogen) atoms. The number of aromatic nitrogens is 4. The average Bonchev–Trinajstić information content (AvgIpc) is 2.90. The van der Waals surface area contributed by atoms with E-state index in [9.17, 15) is 27.6 Å². The minimum absolute atomic E-state index is 0.152. The van der Waals surface area contributed by atoms with Crippen molar-refractivity contribution in [2.75, 3.05) is 7.05 Å². The van der Waals surface area contributed by atoms with Gasteiger partial charge >= 0.3 is 6.18 Å². The molecule has 0 bridgehead atoms. The van der Waals surface area contributed by atoms with E-state index < -0.39 is 29.0 Å². The molecule has 0 radical (unpaired) electrons. The number of hydrogen-bond acceptors (Lipinski definition) is 6. The van der Waals surface area contributed by atoms with Crippen molar-refractivity contribution in [2.45, 2.75) is 33.0 Å². The van der Waals surface area contributed by atoms with Gasteiger partial charge < -0.3 is 20.2 Å². The second kappa shape index (κ2) is 11.3. The normalized spacial score (nSPS) is 13.4. The second-order valence-corrected chi connectivity index (χ2v) is 9.51. The van der Waals surface area contributed by atoms with Crippen molar-refractivity contribution in [1.82, 2.24) is 30.0 Å². The van der Waals surface area contributed by atoms with Gasteiger partial charge in [-0.05, 0) is 61.6 Å². The topological polar surface area (TPSA) is 114 Å². The summed E-state index contributed by atoms with van der Waals surface area (Å²) in [6, 6.07) is 10.2. The molecule has 4 aromatic rings. The minimum Gasteiger partial charge on any atom is -0.382 e. The van der Waals surface area contributed by atoms with E-state index in [2.05, 4.69) is 20.7 Å². The van der Waals surface area contributed by atoms with Crippen LogP contribution in [0, 0.1) is 6.92 Å². The van der Waals surface area contributed by atoms with Gasteiger partial charge in [0.25, 0.3) is 11.1 Å². The molecule has 0 aliphatic carbocycles. The highest BCUT2D eigenvalue weighted by molar-refractivity contribution is 5.89. The summed E-state index contributed by atoms with van der Waals surface area (Å²) >= 11 is 0. The van der Waals surface area contributed by atoms with E-state index in [4.69, 9.17) is 0 Å². The van der Waals surface area contributed by atoms with Gasteiger partial charge in [-0.3, -0.25) is 14.4 Å². The summed E-state index contributed by atoms with van der Waals surface area (Å²) < 4.78 is 43.5. The standard InChI is InChI=1S/C29H29F3N6O3/c1-6-8-22(27(33-4)29(30,31)32)35-17(3)19-11-16(2)12-21-20(19)14-23(37(5)28(21)41)18-13-26(40)38(34-15-18)24-9-7-10-25(39)36-24/h6-15,17,33,35H,1-5H3,(H,36,39)/b8-6-,27-22+/t17-/m1/s1. The number of nitrogens with one attached hydrogen (secondary N) is 3. The number of aryl methyl sites for hydroxylation is 1. The number of benzene rings is 1. The Labute approximate surface area is 232 Å². The van der Waals surface area contributed by atoms with Crippen molar-refractivity contribution in [3.8, 4) is 17.1 Å². The van der Waals surface area contributed by atoms with Crippen molar-refractivity contribution < 1.29 is 13.2 Å². The smallest absolute Gasteiger partial charge is 0.382 e. The van der Waals surface area contributed by atoms with E-state index in [1.165, 1.54) is 54.2 Å². The Bertz CT molecular complexity index is 1870. The zero-order valence-electron chi connectivity index (χ0n) is 23.1. The highest BCUT2D eigenvalue weighted by Crippen LogP contribution is 2.31. The van der Waals surface area contributed by atoms with Crippen LogP contribution in [0.4, 0.5) is 13.2 Å². The molecule has 3 N–H and O–H groups in total. The first-order valence-corrected chi connectivity index (χ1v) is 12.7. The lowest BCUT2D eigenvalue weighted by Gasteiger charge is -2.23. The molecule has 0 amide bonds. The Morgan fingerprint density at radius 2 is 1.83 bits per heavy atom. The Morgan fingerprint density at radius 3 is 2.44 bits per heavy atom. The Hall–Kier alpha value is -4.87. The van der Waals surface area contributed by atoms with Gasteiger partial charge in [0.05, 0.1) is 17.6 Å². The van der Waals surface area contributed by atoms with Crippen LogP contribution in [0.1, 0.15) is 31.0 Å². The van der Waals surface area contributed by atoms with Gasteiger partial charge in [-0.15, -0.1) is 0 Å². The molecule has 12 heteroatoms. The number of pyridine rings is 2. The molecule has 0 fully saturated rings. The fraction of sp³-hybridized carbons (Fsp3) is 0.241. The zero-order valence-corrected chi connectivity index (χ0v) is 23.1. The number of aromatic amines is 1. The quantitative estimate of drug-likeness (QED) is 0.292. The summed E-state index contributed by atoms with van der Waals surface area (Å²) in [5, 5.41) is 10.3. The molecule has 0 spiro atoms. The molecule has 0 aliphatic rings. The van der Waals surface area contributed by atoms with Crippen molar-refractivity contribution in [1.29, 1.82) is 0 Å². The summed E-state index contributed by atoms with van der Waals surface area (Å²) in [6.07, 6.45) is -0.383. The molecule has 0 aliphatic heterocycles. The van der Waals surface area contributed by atoms with Gasteiger partial charge in [-0.1, -0.05) is 18.2 Å². The summed E-state index contributed by atoms with van der Waals surface area (Å²) in [5.41, 5.74) is -0.272. The average molecular weight is 567 g/mol. The molecule has 3 aromatic heterocycles. The number of nitrogens with zero attached hydrogens (tertiary/aromatic N) is 3. The van der Waals surface area contributed by atoms with Crippen LogP contribution in [-0.2, 0) is 7.05 Å². The second-order valence-electron chi connectivity index (χ2n) is 9.51. The molecule has 0 saturated carbocycles. The summed E-state index contributed by atoms with van der Waals surface area (Å²) in [4.78, 5) is 40.6. The molecule has 4 rings (SSSR count). The molecule has 0 saturated heterocycles. The predicted octanol–water partition coefficient (Wildman–Crippen LogP) is 3.97. The number of alkyl halides is 3. The highest BCUT2D eigenvalue weighted by atomic mass is 19.4. The van der Waals surface area contributed by atoms with Gasteiger partial charge in [0.15, 0.2) is 0 Å². The van der Waals surface area contributed by atoms with Crippen molar-refractivity contribution >= 4 is 10.8 Å². The van der Waals surface area contributed by atoms with E-state index in [1.54, 1.807) is 40.0 Å². The first-order chi connectivity index (χ1) is 19.3. The number of H-pyrrole nitrogens is 1. The molecule has 0 unspecified atom stereocenters. The molecule has 1 aromatic carbocycles. The van der Waals surface area contributed by atoms with Crippen LogP contribution in [0.25, 0.3) is 27.8 Å². The fourth-order valence-electron chi connectivity index (χ4n) is 4.72. The zero-order chi connectivity index (χ0) is 30.1. The van der Waals surface area contributed by atoms with Gasteiger partial charge in [0.1, 0.15) is 11.5 Å². The first-order valence-electron chi connectivity index (χ1n) is 12.7. The highest BCUT2D eigenvalue weighted by Gasteiger charge is 2.36. The summed E-state index contributed by atoms with van der Waals surface area (Å²) in [7, 11) is 2.77. The van der Waals surface area contributed by atoms with Crippen molar-refractivity contribution in [2.24, 2.45) is 7.05 Å². The van der Waals surface area contributed by atoms with Gasteiger partial charge in [0.2, 0.25) is 5.56 Å². The van der Waals surface area contributed by atoms with E-state index in [0.29, 0.717) is 27.6 Å². The minimum atomic E-state index is -4.62. The van der Waals surface area contributed by atoms with Crippen LogP contribution in [0.5, 0.6) is 0 Å². The summed E-state index contributed by atoms with van der Waals surface area (Å²) in [6.45, 7) is 5.13. The molecule has 214 valence electrons.